The molecule has 0 radical (unpaired) electrons. The highest BCUT2D eigenvalue weighted by atomic mass is 16.5. The highest BCUT2D eigenvalue weighted by Crippen LogP contribution is 2.29. The first-order valence-corrected chi connectivity index (χ1v) is 8.21. The molecule has 21 heavy (non-hydrogen) atoms. The topological polar surface area (TPSA) is 41.5 Å². The van der Waals surface area contributed by atoms with Crippen molar-refractivity contribution in [3.8, 4) is 5.75 Å². The molecule has 3 heteroatoms. The van der Waals surface area contributed by atoms with Crippen LogP contribution < -0.4 is 10.1 Å². The smallest absolute Gasteiger partial charge is 0.124 e. The number of aliphatic hydroxyl groups excluding tert-OH is 1. The maximum atomic E-state index is 10.5. The van der Waals surface area contributed by atoms with Gasteiger partial charge >= 0.3 is 0 Å². The molecule has 0 heterocycles. The Morgan fingerprint density at radius 3 is 2.81 bits per heavy atom. The van der Waals surface area contributed by atoms with Crippen LogP contribution in [0.5, 0.6) is 5.75 Å². The van der Waals surface area contributed by atoms with Gasteiger partial charge in [-0.05, 0) is 37.8 Å². The van der Waals surface area contributed by atoms with E-state index in [1.807, 2.05) is 25.1 Å². The monoisotopic (exact) mass is 291 g/mol. The second-order valence-electron chi connectivity index (χ2n) is 6.23. The summed E-state index contributed by atoms with van der Waals surface area (Å²) in [5.74, 6) is 1.52. The van der Waals surface area contributed by atoms with Crippen molar-refractivity contribution < 1.29 is 9.84 Å². The van der Waals surface area contributed by atoms with Gasteiger partial charge in [-0.2, -0.15) is 0 Å². The number of hydrogen-bond donors (Lipinski definition) is 2. The van der Waals surface area contributed by atoms with Crippen LogP contribution >= 0.6 is 0 Å². The van der Waals surface area contributed by atoms with Gasteiger partial charge in [0.1, 0.15) is 5.75 Å². The second kappa shape index (κ2) is 7.81. The van der Waals surface area contributed by atoms with Crippen molar-refractivity contribution in [2.75, 3.05) is 13.7 Å². The summed E-state index contributed by atoms with van der Waals surface area (Å²) < 4.78 is 5.37. The lowest BCUT2D eigenvalue weighted by molar-refractivity contribution is 0.151. The fraction of sp³-hybridized carbons (Fsp3) is 0.667. The van der Waals surface area contributed by atoms with E-state index < -0.39 is 6.10 Å². The lowest BCUT2D eigenvalue weighted by atomic mass is 9.83. The van der Waals surface area contributed by atoms with Crippen LogP contribution in [0.25, 0.3) is 0 Å². The van der Waals surface area contributed by atoms with Crippen LogP contribution in [0.1, 0.15) is 56.3 Å². The Morgan fingerprint density at radius 2 is 2.10 bits per heavy atom. The summed E-state index contributed by atoms with van der Waals surface area (Å²) in [5.41, 5.74) is 2.03. The fourth-order valence-electron chi connectivity index (χ4n) is 3.45. The van der Waals surface area contributed by atoms with Crippen molar-refractivity contribution in [1.29, 1.82) is 0 Å². The third kappa shape index (κ3) is 4.21. The number of hydrogen-bond acceptors (Lipinski definition) is 3. The van der Waals surface area contributed by atoms with Gasteiger partial charge < -0.3 is 15.2 Å². The SMILES string of the molecule is CCC1CCCCC1NCC(O)c1cc(C)ccc1OC. The van der Waals surface area contributed by atoms with Crippen LogP contribution in [0.3, 0.4) is 0 Å². The quantitative estimate of drug-likeness (QED) is 0.841. The molecule has 0 spiro atoms. The van der Waals surface area contributed by atoms with Crippen molar-refractivity contribution in [2.24, 2.45) is 5.92 Å². The first-order chi connectivity index (χ1) is 10.2. The van der Waals surface area contributed by atoms with Crippen molar-refractivity contribution in [3.05, 3.63) is 29.3 Å². The molecule has 2 rings (SSSR count). The van der Waals surface area contributed by atoms with E-state index >= 15 is 0 Å². The van der Waals surface area contributed by atoms with E-state index in [9.17, 15) is 5.11 Å². The minimum absolute atomic E-state index is 0.515. The molecular formula is C18H29NO2. The highest BCUT2D eigenvalue weighted by molar-refractivity contribution is 5.38. The Kier molecular flexibility index (Phi) is 6.07. The van der Waals surface area contributed by atoms with Crippen molar-refractivity contribution >= 4 is 0 Å². The number of rotatable bonds is 6. The van der Waals surface area contributed by atoms with Crippen LogP contribution in [-0.4, -0.2) is 24.8 Å². The average Bonchev–Trinajstić information content (AvgIpc) is 2.52. The lowest BCUT2D eigenvalue weighted by Crippen LogP contribution is -2.40. The predicted octanol–water partition coefficient (Wildman–Crippen LogP) is 3.60. The molecule has 0 saturated heterocycles. The average molecular weight is 291 g/mol. The molecule has 1 fully saturated rings. The zero-order valence-corrected chi connectivity index (χ0v) is 13.6. The number of aliphatic hydroxyl groups is 1. The molecule has 0 aromatic heterocycles. The van der Waals surface area contributed by atoms with Crippen LogP contribution in [0.2, 0.25) is 0 Å². The summed E-state index contributed by atoms with van der Waals surface area (Å²) in [7, 11) is 1.66. The minimum atomic E-state index is -0.515. The summed E-state index contributed by atoms with van der Waals surface area (Å²) in [6.07, 6.45) is 5.91. The van der Waals surface area contributed by atoms with E-state index in [2.05, 4.69) is 12.2 Å². The van der Waals surface area contributed by atoms with Gasteiger partial charge in [-0.25, -0.2) is 0 Å². The van der Waals surface area contributed by atoms with Gasteiger partial charge in [0.2, 0.25) is 0 Å². The van der Waals surface area contributed by atoms with Crippen LogP contribution in [0, 0.1) is 12.8 Å². The molecule has 0 aliphatic heterocycles. The largest absolute Gasteiger partial charge is 0.496 e. The van der Waals surface area contributed by atoms with Gasteiger partial charge in [-0.15, -0.1) is 0 Å². The molecule has 1 aromatic carbocycles. The van der Waals surface area contributed by atoms with Gasteiger partial charge in [0.25, 0.3) is 0 Å². The van der Waals surface area contributed by atoms with Crippen molar-refractivity contribution in [3.63, 3.8) is 0 Å². The molecule has 3 unspecified atom stereocenters. The van der Waals surface area contributed by atoms with E-state index in [-0.39, 0.29) is 0 Å². The molecular weight excluding hydrogens is 262 g/mol. The lowest BCUT2D eigenvalue weighted by Gasteiger charge is -2.32. The Morgan fingerprint density at radius 1 is 1.33 bits per heavy atom. The van der Waals surface area contributed by atoms with Gasteiger partial charge in [-0.3, -0.25) is 0 Å². The normalized spacial score (nSPS) is 23.8. The van der Waals surface area contributed by atoms with Crippen molar-refractivity contribution in [2.45, 2.75) is 58.1 Å². The third-order valence-electron chi connectivity index (χ3n) is 4.75. The van der Waals surface area contributed by atoms with Crippen LogP contribution in [0.15, 0.2) is 18.2 Å². The number of benzene rings is 1. The molecule has 1 saturated carbocycles. The molecule has 1 aliphatic rings. The third-order valence-corrected chi connectivity index (χ3v) is 4.75. The molecule has 1 aromatic rings. The Hall–Kier alpha value is -1.06. The standard InChI is InChI=1S/C18H29NO2/c1-4-14-7-5-6-8-16(14)19-12-17(20)15-11-13(2)9-10-18(15)21-3/h9-11,14,16-17,19-20H,4-8,12H2,1-3H3. The zero-order chi connectivity index (χ0) is 15.2. The molecule has 118 valence electrons. The first-order valence-electron chi connectivity index (χ1n) is 8.21. The van der Waals surface area contributed by atoms with Crippen LogP contribution in [-0.2, 0) is 0 Å². The molecule has 1 aliphatic carbocycles. The van der Waals surface area contributed by atoms with Crippen molar-refractivity contribution in [1.82, 2.24) is 5.32 Å². The number of methoxy groups -OCH3 is 1. The molecule has 2 N–H and O–H groups in total. The summed E-state index contributed by atoms with van der Waals surface area (Å²) in [5, 5.41) is 14.1. The second-order valence-corrected chi connectivity index (χ2v) is 6.23. The molecule has 0 bridgehead atoms. The Bertz CT molecular complexity index is 447. The summed E-state index contributed by atoms with van der Waals surface area (Å²) in [6.45, 7) is 4.91. The predicted molar refractivity (Wildman–Crippen MR) is 86.7 cm³/mol. The number of aryl methyl sites for hydroxylation is 1. The van der Waals surface area contributed by atoms with E-state index in [1.165, 1.54) is 32.1 Å². The van der Waals surface area contributed by atoms with E-state index in [4.69, 9.17) is 4.74 Å². The zero-order valence-electron chi connectivity index (χ0n) is 13.6. The highest BCUT2D eigenvalue weighted by Gasteiger charge is 2.24. The van der Waals surface area contributed by atoms with E-state index in [0.29, 0.717) is 12.6 Å². The van der Waals surface area contributed by atoms with Gasteiger partial charge in [-0.1, -0.05) is 37.8 Å². The Balaban J connectivity index is 1.97. The Labute approximate surface area is 128 Å². The minimum Gasteiger partial charge on any atom is -0.496 e. The van der Waals surface area contributed by atoms with Gasteiger partial charge in [0, 0.05) is 18.2 Å². The maximum Gasteiger partial charge on any atom is 0.124 e. The maximum absolute atomic E-state index is 10.5. The van der Waals surface area contributed by atoms with Gasteiger partial charge in [0.15, 0.2) is 0 Å². The molecule has 0 amide bonds. The first kappa shape index (κ1) is 16.3. The van der Waals surface area contributed by atoms with E-state index in [0.717, 1.165) is 22.8 Å². The molecule has 3 atom stereocenters. The molecule has 3 nitrogen and oxygen atoms in total. The van der Waals surface area contributed by atoms with Crippen LogP contribution in [0.4, 0.5) is 0 Å². The van der Waals surface area contributed by atoms with E-state index in [1.54, 1.807) is 7.11 Å². The summed E-state index contributed by atoms with van der Waals surface area (Å²) >= 11 is 0. The summed E-state index contributed by atoms with van der Waals surface area (Å²) in [4.78, 5) is 0. The summed E-state index contributed by atoms with van der Waals surface area (Å²) in [6, 6.07) is 6.51. The number of ether oxygens (including phenoxy) is 1. The number of nitrogens with one attached hydrogen (secondary N) is 1. The fourth-order valence-corrected chi connectivity index (χ4v) is 3.45. The van der Waals surface area contributed by atoms with Gasteiger partial charge in [0.05, 0.1) is 13.2 Å².